The molecule has 2 aliphatic rings. The minimum atomic E-state index is 0.540. The molecule has 2 saturated carbocycles. The lowest BCUT2D eigenvalue weighted by Gasteiger charge is -2.12. The molecule has 4 heteroatoms. The Balaban J connectivity index is 1.96. The van der Waals surface area contributed by atoms with Gasteiger partial charge >= 0.3 is 0 Å². The lowest BCUT2D eigenvalue weighted by atomic mass is 10.0. The van der Waals surface area contributed by atoms with Crippen LogP contribution in [0.15, 0.2) is 0 Å². The van der Waals surface area contributed by atoms with Crippen molar-refractivity contribution in [2.24, 2.45) is 5.73 Å². The highest BCUT2D eigenvalue weighted by Crippen LogP contribution is 2.41. The summed E-state index contributed by atoms with van der Waals surface area (Å²) in [6, 6.07) is 0.633. The molecule has 82 valence electrons. The van der Waals surface area contributed by atoms with Crippen LogP contribution >= 0.6 is 0 Å². The van der Waals surface area contributed by atoms with Crippen molar-refractivity contribution < 1.29 is 0 Å². The second kappa shape index (κ2) is 3.59. The van der Waals surface area contributed by atoms with E-state index in [1.807, 2.05) is 0 Å². The minimum absolute atomic E-state index is 0.540. The lowest BCUT2D eigenvalue weighted by molar-refractivity contribution is 0.543. The Bertz CT molecular complexity index is 347. The SMILES string of the molecule is NCc1nnn(C2CC2)c1C1CCCC1. The molecule has 3 rings (SSSR count). The fourth-order valence-corrected chi connectivity index (χ4v) is 2.69. The van der Waals surface area contributed by atoms with Gasteiger partial charge in [-0.05, 0) is 25.7 Å². The van der Waals surface area contributed by atoms with Gasteiger partial charge in [0.1, 0.15) is 0 Å². The first-order valence-electron chi connectivity index (χ1n) is 6.04. The normalized spacial score (nSPS) is 22.5. The molecular weight excluding hydrogens is 188 g/mol. The topological polar surface area (TPSA) is 56.7 Å². The van der Waals surface area contributed by atoms with E-state index in [1.54, 1.807) is 0 Å². The van der Waals surface area contributed by atoms with E-state index in [0.717, 1.165) is 5.69 Å². The summed E-state index contributed by atoms with van der Waals surface area (Å²) < 4.78 is 2.16. The lowest BCUT2D eigenvalue weighted by Crippen LogP contribution is -2.09. The molecule has 0 amide bonds. The first kappa shape index (κ1) is 9.33. The van der Waals surface area contributed by atoms with Crippen molar-refractivity contribution in [1.29, 1.82) is 0 Å². The highest BCUT2D eigenvalue weighted by atomic mass is 15.5. The molecular formula is C11H18N4. The van der Waals surface area contributed by atoms with Crippen LogP contribution < -0.4 is 5.73 Å². The number of aromatic nitrogens is 3. The second-order valence-electron chi connectivity index (χ2n) is 4.78. The zero-order valence-electron chi connectivity index (χ0n) is 9.02. The summed E-state index contributed by atoms with van der Waals surface area (Å²) >= 11 is 0. The average molecular weight is 206 g/mol. The molecule has 0 bridgehead atoms. The van der Waals surface area contributed by atoms with Crippen molar-refractivity contribution in [2.45, 2.75) is 57.0 Å². The molecule has 0 saturated heterocycles. The third kappa shape index (κ3) is 1.57. The summed E-state index contributed by atoms with van der Waals surface area (Å²) in [5, 5.41) is 8.51. The maximum atomic E-state index is 5.74. The predicted octanol–water partition coefficient (Wildman–Crippen LogP) is 1.73. The second-order valence-corrected chi connectivity index (χ2v) is 4.78. The molecule has 2 N–H and O–H groups in total. The quantitative estimate of drug-likeness (QED) is 0.819. The minimum Gasteiger partial charge on any atom is -0.325 e. The van der Waals surface area contributed by atoms with Crippen LogP contribution in [0.5, 0.6) is 0 Å². The Kier molecular flexibility index (Phi) is 2.24. The van der Waals surface area contributed by atoms with Crippen LogP contribution in [0.1, 0.15) is 61.9 Å². The largest absolute Gasteiger partial charge is 0.325 e. The maximum absolute atomic E-state index is 5.74. The zero-order valence-corrected chi connectivity index (χ0v) is 9.02. The summed E-state index contributed by atoms with van der Waals surface area (Å²) in [6.45, 7) is 0.540. The molecule has 0 unspecified atom stereocenters. The third-order valence-electron chi connectivity index (χ3n) is 3.63. The van der Waals surface area contributed by atoms with Crippen LogP contribution in [0.4, 0.5) is 0 Å². The Hall–Kier alpha value is -0.900. The van der Waals surface area contributed by atoms with Crippen LogP contribution in [-0.2, 0) is 6.54 Å². The van der Waals surface area contributed by atoms with Crippen molar-refractivity contribution >= 4 is 0 Å². The van der Waals surface area contributed by atoms with Gasteiger partial charge in [0, 0.05) is 12.5 Å². The maximum Gasteiger partial charge on any atom is 0.0997 e. The van der Waals surface area contributed by atoms with Crippen LogP contribution in [-0.4, -0.2) is 15.0 Å². The highest BCUT2D eigenvalue weighted by molar-refractivity contribution is 5.18. The van der Waals surface area contributed by atoms with Gasteiger partial charge in [-0.3, -0.25) is 0 Å². The molecule has 0 spiro atoms. The summed E-state index contributed by atoms with van der Waals surface area (Å²) in [5.74, 6) is 0.680. The smallest absolute Gasteiger partial charge is 0.0997 e. The molecule has 4 nitrogen and oxygen atoms in total. The van der Waals surface area contributed by atoms with Crippen molar-refractivity contribution in [2.75, 3.05) is 0 Å². The number of hydrogen-bond donors (Lipinski definition) is 1. The molecule has 2 aliphatic carbocycles. The van der Waals surface area contributed by atoms with Gasteiger partial charge in [-0.15, -0.1) is 5.10 Å². The summed E-state index contributed by atoms with van der Waals surface area (Å²) in [4.78, 5) is 0. The van der Waals surface area contributed by atoms with E-state index < -0.39 is 0 Å². The summed E-state index contributed by atoms with van der Waals surface area (Å²) in [5.41, 5.74) is 8.13. The standard InChI is InChI=1S/C11H18N4/c12-7-10-11(8-3-1-2-4-8)15(14-13-10)9-5-6-9/h8-9H,1-7,12H2. The molecule has 0 aliphatic heterocycles. The first-order valence-corrected chi connectivity index (χ1v) is 6.04. The van der Waals surface area contributed by atoms with E-state index >= 15 is 0 Å². The van der Waals surface area contributed by atoms with Crippen molar-refractivity contribution in [3.8, 4) is 0 Å². The van der Waals surface area contributed by atoms with E-state index in [1.165, 1.54) is 44.2 Å². The van der Waals surface area contributed by atoms with Crippen LogP contribution in [0, 0.1) is 0 Å². The zero-order chi connectivity index (χ0) is 10.3. The average Bonchev–Trinajstić information content (AvgIpc) is 2.83. The van der Waals surface area contributed by atoms with E-state index in [2.05, 4.69) is 15.0 Å². The van der Waals surface area contributed by atoms with E-state index in [9.17, 15) is 0 Å². The molecule has 1 heterocycles. The van der Waals surface area contributed by atoms with E-state index in [-0.39, 0.29) is 0 Å². The van der Waals surface area contributed by atoms with Crippen molar-refractivity contribution in [1.82, 2.24) is 15.0 Å². The Morgan fingerprint density at radius 2 is 1.93 bits per heavy atom. The fourth-order valence-electron chi connectivity index (χ4n) is 2.69. The van der Waals surface area contributed by atoms with Gasteiger partial charge in [0.15, 0.2) is 0 Å². The third-order valence-corrected chi connectivity index (χ3v) is 3.63. The van der Waals surface area contributed by atoms with Gasteiger partial charge in [0.05, 0.1) is 17.4 Å². The van der Waals surface area contributed by atoms with Gasteiger partial charge in [0.25, 0.3) is 0 Å². The van der Waals surface area contributed by atoms with Crippen molar-refractivity contribution in [3.05, 3.63) is 11.4 Å². The van der Waals surface area contributed by atoms with Gasteiger partial charge in [0.2, 0.25) is 0 Å². The Morgan fingerprint density at radius 3 is 2.53 bits per heavy atom. The molecule has 0 atom stereocenters. The number of nitrogens with two attached hydrogens (primary N) is 1. The number of rotatable bonds is 3. The van der Waals surface area contributed by atoms with E-state index in [0.29, 0.717) is 18.5 Å². The molecule has 15 heavy (non-hydrogen) atoms. The Labute approximate surface area is 89.8 Å². The fraction of sp³-hybridized carbons (Fsp3) is 0.818. The molecule has 2 fully saturated rings. The first-order chi connectivity index (χ1) is 7.40. The molecule has 0 aromatic carbocycles. The van der Waals surface area contributed by atoms with Crippen LogP contribution in [0.3, 0.4) is 0 Å². The highest BCUT2D eigenvalue weighted by Gasteiger charge is 2.32. The van der Waals surface area contributed by atoms with Crippen molar-refractivity contribution in [3.63, 3.8) is 0 Å². The van der Waals surface area contributed by atoms with Gasteiger partial charge < -0.3 is 5.73 Å². The summed E-state index contributed by atoms with van der Waals surface area (Å²) in [6.07, 6.45) is 7.84. The number of nitrogens with zero attached hydrogens (tertiary/aromatic N) is 3. The summed E-state index contributed by atoms with van der Waals surface area (Å²) in [7, 11) is 0. The molecule has 1 aromatic heterocycles. The van der Waals surface area contributed by atoms with Crippen LogP contribution in [0.25, 0.3) is 0 Å². The molecule has 1 aromatic rings. The van der Waals surface area contributed by atoms with Gasteiger partial charge in [-0.2, -0.15) is 0 Å². The monoisotopic (exact) mass is 206 g/mol. The Morgan fingerprint density at radius 1 is 1.20 bits per heavy atom. The van der Waals surface area contributed by atoms with Gasteiger partial charge in [-0.25, -0.2) is 4.68 Å². The van der Waals surface area contributed by atoms with Gasteiger partial charge in [-0.1, -0.05) is 18.1 Å². The number of hydrogen-bond acceptors (Lipinski definition) is 3. The van der Waals surface area contributed by atoms with Crippen LogP contribution in [0.2, 0.25) is 0 Å². The predicted molar refractivity (Wildman–Crippen MR) is 57.4 cm³/mol. The molecule has 0 radical (unpaired) electrons. The van der Waals surface area contributed by atoms with E-state index in [4.69, 9.17) is 5.73 Å².